The highest BCUT2D eigenvalue weighted by atomic mass is 16.5. The van der Waals surface area contributed by atoms with E-state index in [1.807, 2.05) is 0 Å². The summed E-state index contributed by atoms with van der Waals surface area (Å²) in [5.74, 6) is 2.63. The Labute approximate surface area is 117 Å². The van der Waals surface area contributed by atoms with Gasteiger partial charge in [-0.3, -0.25) is 0 Å². The van der Waals surface area contributed by atoms with E-state index in [0.717, 1.165) is 23.9 Å². The lowest BCUT2D eigenvalue weighted by molar-refractivity contribution is 0.183. The largest absolute Gasteiger partial charge is 0.384 e. The Morgan fingerprint density at radius 2 is 1.84 bits per heavy atom. The molecule has 1 rings (SSSR count). The summed E-state index contributed by atoms with van der Waals surface area (Å²) in [6.07, 6.45) is 0. The van der Waals surface area contributed by atoms with Gasteiger partial charge in [-0.25, -0.2) is 4.98 Å². The van der Waals surface area contributed by atoms with Gasteiger partial charge in [0, 0.05) is 25.0 Å². The minimum atomic E-state index is -0.00590. The Morgan fingerprint density at radius 3 is 2.26 bits per heavy atom. The Kier molecular flexibility index (Phi) is 5.02. The van der Waals surface area contributed by atoms with Crippen LogP contribution in [0.3, 0.4) is 0 Å². The normalized spacial score (nSPS) is 14.1. The third-order valence-corrected chi connectivity index (χ3v) is 3.14. The van der Waals surface area contributed by atoms with Crippen LogP contribution in [0.4, 0.5) is 5.82 Å². The average Bonchev–Trinajstić information content (AvgIpc) is 2.56. The average molecular weight is 267 g/mol. The molecule has 4 nitrogen and oxygen atoms in total. The van der Waals surface area contributed by atoms with Gasteiger partial charge in [-0.15, -0.1) is 0 Å². The maximum absolute atomic E-state index is 6.33. The van der Waals surface area contributed by atoms with Crippen molar-refractivity contribution in [2.75, 3.05) is 19.5 Å². The fraction of sp³-hybridized carbons (Fsp3) is 0.800. The fourth-order valence-corrected chi connectivity index (χ4v) is 2.30. The van der Waals surface area contributed by atoms with Crippen LogP contribution < -0.4 is 5.73 Å². The second-order valence-corrected chi connectivity index (χ2v) is 6.82. The van der Waals surface area contributed by atoms with Gasteiger partial charge < -0.3 is 15.0 Å². The predicted molar refractivity (Wildman–Crippen MR) is 80.5 cm³/mol. The van der Waals surface area contributed by atoms with Crippen LogP contribution in [0, 0.1) is 5.92 Å². The van der Waals surface area contributed by atoms with E-state index >= 15 is 0 Å². The van der Waals surface area contributed by atoms with Gasteiger partial charge in [0.05, 0.1) is 12.3 Å². The lowest BCUT2D eigenvalue weighted by Gasteiger charge is -2.21. The molecule has 1 aromatic heterocycles. The molecule has 1 atom stereocenters. The van der Waals surface area contributed by atoms with Gasteiger partial charge in [-0.2, -0.15) is 0 Å². The predicted octanol–water partition coefficient (Wildman–Crippen LogP) is 3.17. The molecule has 0 spiro atoms. The van der Waals surface area contributed by atoms with Crippen LogP contribution in [0.2, 0.25) is 0 Å². The molecule has 1 heterocycles. The molecule has 0 radical (unpaired) electrons. The summed E-state index contributed by atoms with van der Waals surface area (Å²) in [6.45, 7) is 14.6. The quantitative estimate of drug-likeness (QED) is 0.891. The topological polar surface area (TPSA) is 53.1 Å². The number of ether oxygens (including phenoxy) is 1. The van der Waals surface area contributed by atoms with E-state index in [9.17, 15) is 0 Å². The number of nitrogen functional groups attached to an aromatic ring is 1. The molecule has 0 saturated heterocycles. The van der Waals surface area contributed by atoms with Gasteiger partial charge in [0.15, 0.2) is 0 Å². The van der Waals surface area contributed by atoms with Crippen molar-refractivity contribution in [3.05, 3.63) is 11.5 Å². The zero-order chi connectivity index (χ0) is 14.8. The molecule has 19 heavy (non-hydrogen) atoms. The highest BCUT2D eigenvalue weighted by Crippen LogP contribution is 2.30. The third-order valence-electron chi connectivity index (χ3n) is 3.14. The first-order valence-electron chi connectivity index (χ1n) is 7.03. The summed E-state index contributed by atoms with van der Waals surface area (Å²) in [5.41, 5.74) is 7.28. The van der Waals surface area contributed by atoms with Crippen molar-refractivity contribution in [3.63, 3.8) is 0 Å². The summed E-state index contributed by atoms with van der Waals surface area (Å²) in [6, 6.07) is 0. The summed E-state index contributed by atoms with van der Waals surface area (Å²) in [5, 5.41) is 0. The Bertz CT molecular complexity index is 416. The van der Waals surface area contributed by atoms with Crippen LogP contribution in [-0.4, -0.2) is 23.3 Å². The van der Waals surface area contributed by atoms with E-state index in [4.69, 9.17) is 15.5 Å². The number of methoxy groups -OCH3 is 1. The summed E-state index contributed by atoms with van der Waals surface area (Å²) in [7, 11) is 1.71. The van der Waals surface area contributed by atoms with Crippen molar-refractivity contribution in [2.24, 2.45) is 5.92 Å². The minimum Gasteiger partial charge on any atom is -0.384 e. The molecule has 0 saturated carbocycles. The van der Waals surface area contributed by atoms with Crippen LogP contribution in [0.15, 0.2) is 0 Å². The molecule has 4 heteroatoms. The standard InChI is InChI=1S/C15H29N3O/c1-10(2)8-18-13(16)12(11(3)9-19-7)17-14(18)15(4,5)6/h10-11H,8-9,16H2,1-7H3. The molecule has 110 valence electrons. The molecule has 0 amide bonds. The van der Waals surface area contributed by atoms with E-state index in [2.05, 4.69) is 46.1 Å². The highest BCUT2D eigenvalue weighted by molar-refractivity contribution is 5.42. The fourth-order valence-electron chi connectivity index (χ4n) is 2.30. The van der Waals surface area contributed by atoms with E-state index in [0.29, 0.717) is 12.5 Å². The number of aromatic nitrogens is 2. The smallest absolute Gasteiger partial charge is 0.127 e. The molecular weight excluding hydrogens is 238 g/mol. The first kappa shape index (κ1) is 16.0. The number of imidazole rings is 1. The van der Waals surface area contributed by atoms with E-state index in [1.165, 1.54) is 0 Å². The van der Waals surface area contributed by atoms with Crippen molar-refractivity contribution < 1.29 is 4.74 Å². The van der Waals surface area contributed by atoms with Crippen LogP contribution in [-0.2, 0) is 16.7 Å². The third kappa shape index (κ3) is 3.72. The number of rotatable bonds is 5. The summed E-state index contributed by atoms with van der Waals surface area (Å²) in [4.78, 5) is 4.81. The van der Waals surface area contributed by atoms with E-state index in [1.54, 1.807) is 7.11 Å². The van der Waals surface area contributed by atoms with Crippen molar-refractivity contribution in [2.45, 2.75) is 59.4 Å². The minimum absolute atomic E-state index is 0.00590. The molecule has 0 aromatic carbocycles. The van der Waals surface area contributed by atoms with Gasteiger partial charge >= 0.3 is 0 Å². The number of hydrogen-bond acceptors (Lipinski definition) is 3. The van der Waals surface area contributed by atoms with Gasteiger partial charge in [0.2, 0.25) is 0 Å². The molecule has 2 N–H and O–H groups in total. The second-order valence-electron chi connectivity index (χ2n) is 6.82. The van der Waals surface area contributed by atoms with Gasteiger partial charge in [0.1, 0.15) is 11.6 Å². The number of anilines is 1. The number of nitrogens with zero attached hydrogens (tertiary/aromatic N) is 2. The van der Waals surface area contributed by atoms with Crippen LogP contribution in [0.5, 0.6) is 0 Å². The lowest BCUT2D eigenvalue weighted by Crippen LogP contribution is -2.21. The van der Waals surface area contributed by atoms with E-state index < -0.39 is 0 Å². The maximum atomic E-state index is 6.33. The molecule has 0 aliphatic carbocycles. The molecule has 0 bridgehead atoms. The van der Waals surface area contributed by atoms with Crippen molar-refractivity contribution >= 4 is 5.82 Å². The number of nitrogens with two attached hydrogens (primary N) is 1. The zero-order valence-corrected chi connectivity index (χ0v) is 13.4. The first-order valence-corrected chi connectivity index (χ1v) is 7.03. The molecule has 1 aromatic rings. The molecule has 0 fully saturated rings. The van der Waals surface area contributed by atoms with E-state index in [-0.39, 0.29) is 11.3 Å². The molecule has 0 aliphatic heterocycles. The Morgan fingerprint density at radius 1 is 1.26 bits per heavy atom. The number of hydrogen-bond donors (Lipinski definition) is 1. The molecule has 1 unspecified atom stereocenters. The summed E-state index contributed by atoms with van der Waals surface area (Å²) < 4.78 is 7.40. The first-order chi connectivity index (χ1) is 8.68. The Balaban J connectivity index is 3.26. The SMILES string of the molecule is COCC(C)c1nc(C(C)(C)C)n(CC(C)C)c1N. The van der Waals surface area contributed by atoms with Gasteiger partial charge in [-0.1, -0.05) is 41.5 Å². The van der Waals surface area contributed by atoms with Crippen molar-refractivity contribution in [3.8, 4) is 0 Å². The van der Waals surface area contributed by atoms with Gasteiger partial charge in [0.25, 0.3) is 0 Å². The van der Waals surface area contributed by atoms with Crippen LogP contribution in [0.1, 0.15) is 59.0 Å². The lowest BCUT2D eigenvalue weighted by atomic mass is 9.95. The second kappa shape index (κ2) is 5.95. The summed E-state index contributed by atoms with van der Waals surface area (Å²) >= 11 is 0. The van der Waals surface area contributed by atoms with Crippen LogP contribution in [0.25, 0.3) is 0 Å². The van der Waals surface area contributed by atoms with Gasteiger partial charge in [-0.05, 0) is 5.92 Å². The monoisotopic (exact) mass is 267 g/mol. The molecular formula is C15H29N3O. The van der Waals surface area contributed by atoms with Crippen molar-refractivity contribution in [1.82, 2.24) is 9.55 Å². The maximum Gasteiger partial charge on any atom is 0.127 e. The van der Waals surface area contributed by atoms with Crippen LogP contribution >= 0.6 is 0 Å². The highest BCUT2D eigenvalue weighted by Gasteiger charge is 2.27. The van der Waals surface area contributed by atoms with Crippen molar-refractivity contribution in [1.29, 1.82) is 0 Å². The zero-order valence-electron chi connectivity index (χ0n) is 13.4. The molecule has 0 aliphatic rings. The Hall–Kier alpha value is -1.03.